The number of unbranched alkanes of at least 4 members (excludes halogenated alkanes) is 2. The Kier molecular flexibility index (Phi) is 9.97. The van der Waals surface area contributed by atoms with Crippen LogP contribution in [0.3, 0.4) is 0 Å². The van der Waals surface area contributed by atoms with E-state index in [9.17, 15) is 4.79 Å². The second kappa shape index (κ2) is 12.4. The minimum Gasteiger partial charge on any atom is -0.455 e. The maximum atomic E-state index is 13.1. The zero-order chi connectivity index (χ0) is 24.4. The molecule has 33 heavy (non-hydrogen) atoms. The van der Waals surface area contributed by atoms with E-state index in [2.05, 4.69) is 47.6 Å². The van der Waals surface area contributed by atoms with Crippen molar-refractivity contribution in [2.24, 2.45) is 17.3 Å². The van der Waals surface area contributed by atoms with Crippen LogP contribution in [0.4, 0.5) is 0 Å². The first-order chi connectivity index (χ1) is 15.6. The fourth-order valence-electron chi connectivity index (χ4n) is 3.80. The molecule has 0 radical (unpaired) electrons. The lowest BCUT2D eigenvalue weighted by Crippen LogP contribution is -2.35. The molecule has 0 heterocycles. The number of rotatable bonds is 11. The standard InChI is InChI=1S/C29H39NO3/c1-7-8-9-10-27(33-28(31)26(19-21(2)3)29(4,5)6)32-25-17-15-24(16-18-25)23-13-11-22(20-30)12-14-23/h11-18,21,26-27H,7-10,19H2,1-6H3. The lowest BCUT2D eigenvalue weighted by molar-refractivity contribution is -0.174. The summed E-state index contributed by atoms with van der Waals surface area (Å²) in [5.41, 5.74) is 2.55. The second-order valence-corrected chi connectivity index (χ2v) is 10.2. The Bertz CT molecular complexity index is 902. The SMILES string of the molecule is CCCCCC(OC(=O)C(CC(C)C)C(C)(C)C)Oc1ccc(-c2ccc(C#N)cc2)cc1. The van der Waals surface area contributed by atoms with Crippen LogP contribution in [0.25, 0.3) is 11.1 Å². The van der Waals surface area contributed by atoms with E-state index in [1.54, 1.807) is 0 Å². The molecular weight excluding hydrogens is 410 g/mol. The highest BCUT2D eigenvalue weighted by Gasteiger charge is 2.34. The number of nitriles is 1. The summed E-state index contributed by atoms with van der Waals surface area (Å²) in [5, 5.41) is 8.98. The average Bonchev–Trinajstić information content (AvgIpc) is 2.77. The van der Waals surface area contributed by atoms with Crippen LogP contribution in [0, 0.1) is 28.6 Å². The number of hydrogen-bond acceptors (Lipinski definition) is 4. The van der Waals surface area contributed by atoms with Crippen molar-refractivity contribution < 1.29 is 14.3 Å². The minimum absolute atomic E-state index is 0.169. The van der Waals surface area contributed by atoms with Gasteiger partial charge in [-0.2, -0.15) is 5.26 Å². The number of nitrogens with zero attached hydrogens (tertiary/aromatic N) is 1. The van der Waals surface area contributed by atoms with Crippen molar-refractivity contribution in [1.82, 2.24) is 0 Å². The van der Waals surface area contributed by atoms with Gasteiger partial charge >= 0.3 is 5.97 Å². The van der Waals surface area contributed by atoms with Crippen LogP contribution < -0.4 is 4.74 Å². The van der Waals surface area contributed by atoms with Gasteiger partial charge in [0, 0.05) is 6.42 Å². The van der Waals surface area contributed by atoms with E-state index in [0.29, 0.717) is 23.7 Å². The summed E-state index contributed by atoms with van der Waals surface area (Å²) < 4.78 is 12.1. The predicted molar refractivity (Wildman–Crippen MR) is 134 cm³/mol. The number of esters is 1. The van der Waals surface area contributed by atoms with E-state index in [0.717, 1.165) is 36.8 Å². The molecule has 0 amide bonds. The smallest absolute Gasteiger partial charge is 0.312 e. The lowest BCUT2D eigenvalue weighted by Gasteiger charge is -2.31. The van der Waals surface area contributed by atoms with Gasteiger partial charge in [0.1, 0.15) is 5.75 Å². The molecule has 0 aliphatic carbocycles. The van der Waals surface area contributed by atoms with E-state index in [4.69, 9.17) is 14.7 Å². The maximum Gasteiger partial charge on any atom is 0.312 e. The zero-order valence-electron chi connectivity index (χ0n) is 21.1. The molecule has 0 bridgehead atoms. The third kappa shape index (κ3) is 8.57. The van der Waals surface area contributed by atoms with Gasteiger partial charge in [-0.1, -0.05) is 78.6 Å². The number of benzene rings is 2. The van der Waals surface area contributed by atoms with Crippen LogP contribution in [-0.2, 0) is 9.53 Å². The number of carbonyl (C=O) groups excluding carboxylic acids is 1. The highest BCUT2D eigenvalue weighted by molar-refractivity contribution is 5.73. The Balaban J connectivity index is 2.13. The van der Waals surface area contributed by atoms with Crippen molar-refractivity contribution >= 4 is 5.97 Å². The van der Waals surface area contributed by atoms with Crippen LogP contribution in [0.5, 0.6) is 5.75 Å². The quantitative estimate of drug-likeness (QED) is 0.200. The first kappa shape index (κ1) is 26.5. The van der Waals surface area contributed by atoms with E-state index in [-0.39, 0.29) is 17.3 Å². The molecule has 0 saturated heterocycles. The summed E-state index contributed by atoms with van der Waals surface area (Å²) in [4.78, 5) is 13.1. The fourth-order valence-corrected chi connectivity index (χ4v) is 3.80. The summed E-state index contributed by atoms with van der Waals surface area (Å²) >= 11 is 0. The molecule has 2 unspecified atom stereocenters. The molecular formula is C29H39NO3. The van der Waals surface area contributed by atoms with Gasteiger partial charge < -0.3 is 9.47 Å². The molecule has 0 aliphatic rings. The molecule has 2 aromatic rings. The Labute approximate surface area is 199 Å². The predicted octanol–water partition coefficient (Wildman–Crippen LogP) is 7.76. The molecule has 4 heteroatoms. The van der Waals surface area contributed by atoms with Gasteiger partial charge in [-0.15, -0.1) is 0 Å². The van der Waals surface area contributed by atoms with Crippen LogP contribution in [-0.4, -0.2) is 12.3 Å². The fraction of sp³-hybridized carbons (Fsp3) is 0.517. The third-order valence-electron chi connectivity index (χ3n) is 5.80. The minimum atomic E-state index is -0.596. The summed E-state index contributed by atoms with van der Waals surface area (Å²) in [5.74, 6) is 0.745. The molecule has 4 nitrogen and oxygen atoms in total. The molecule has 0 spiro atoms. The molecule has 0 N–H and O–H groups in total. The van der Waals surface area contributed by atoms with Gasteiger partial charge in [-0.05, 0) is 59.6 Å². The second-order valence-electron chi connectivity index (χ2n) is 10.2. The summed E-state index contributed by atoms with van der Waals surface area (Å²) in [6.45, 7) is 12.7. The number of hydrogen-bond donors (Lipinski definition) is 0. The Hall–Kier alpha value is -2.80. The first-order valence-electron chi connectivity index (χ1n) is 12.1. The van der Waals surface area contributed by atoms with Crippen LogP contribution in [0.2, 0.25) is 0 Å². The van der Waals surface area contributed by atoms with Crippen molar-refractivity contribution in [1.29, 1.82) is 5.26 Å². The van der Waals surface area contributed by atoms with Gasteiger partial charge in [0.2, 0.25) is 6.29 Å². The molecule has 2 aromatic carbocycles. The molecule has 2 rings (SSSR count). The van der Waals surface area contributed by atoms with Gasteiger partial charge in [-0.25, -0.2) is 0 Å². The highest BCUT2D eigenvalue weighted by Crippen LogP contribution is 2.33. The van der Waals surface area contributed by atoms with E-state index < -0.39 is 6.29 Å². The molecule has 2 atom stereocenters. The summed E-state index contributed by atoms with van der Waals surface area (Å²) in [6, 6.07) is 17.4. The largest absolute Gasteiger partial charge is 0.455 e. The lowest BCUT2D eigenvalue weighted by atomic mass is 9.76. The normalized spacial score (nSPS) is 13.3. The van der Waals surface area contributed by atoms with Crippen LogP contribution >= 0.6 is 0 Å². The Morgan fingerprint density at radius 3 is 2.03 bits per heavy atom. The van der Waals surface area contributed by atoms with Crippen LogP contribution in [0.15, 0.2) is 48.5 Å². The van der Waals surface area contributed by atoms with Crippen LogP contribution in [0.1, 0.15) is 79.2 Å². The Morgan fingerprint density at radius 2 is 1.55 bits per heavy atom. The van der Waals surface area contributed by atoms with Crippen molar-refractivity contribution in [3.8, 4) is 22.9 Å². The molecule has 0 aliphatic heterocycles. The van der Waals surface area contributed by atoms with E-state index in [1.165, 1.54) is 0 Å². The average molecular weight is 450 g/mol. The molecule has 0 fully saturated rings. The van der Waals surface area contributed by atoms with Crippen molar-refractivity contribution in [3.63, 3.8) is 0 Å². The number of carbonyl (C=O) groups is 1. The summed E-state index contributed by atoms with van der Waals surface area (Å²) in [7, 11) is 0. The number of ether oxygens (including phenoxy) is 2. The maximum absolute atomic E-state index is 13.1. The monoisotopic (exact) mass is 449 g/mol. The van der Waals surface area contributed by atoms with Gasteiger partial charge in [0.15, 0.2) is 0 Å². The van der Waals surface area contributed by atoms with E-state index in [1.807, 2.05) is 48.5 Å². The molecule has 0 saturated carbocycles. The zero-order valence-corrected chi connectivity index (χ0v) is 21.1. The van der Waals surface area contributed by atoms with Gasteiger partial charge in [-0.3, -0.25) is 4.79 Å². The van der Waals surface area contributed by atoms with Crippen molar-refractivity contribution in [2.45, 2.75) is 79.9 Å². The first-order valence-corrected chi connectivity index (χ1v) is 12.1. The topological polar surface area (TPSA) is 59.3 Å². The molecule has 178 valence electrons. The molecule has 0 aromatic heterocycles. The highest BCUT2D eigenvalue weighted by atomic mass is 16.7. The third-order valence-corrected chi connectivity index (χ3v) is 5.80. The Morgan fingerprint density at radius 1 is 0.970 bits per heavy atom. The van der Waals surface area contributed by atoms with Crippen molar-refractivity contribution in [2.75, 3.05) is 0 Å². The van der Waals surface area contributed by atoms with Gasteiger partial charge in [0.25, 0.3) is 0 Å². The van der Waals surface area contributed by atoms with Crippen molar-refractivity contribution in [3.05, 3.63) is 54.1 Å². The summed E-state index contributed by atoms with van der Waals surface area (Å²) in [6.07, 6.45) is 3.99. The van der Waals surface area contributed by atoms with E-state index >= 15 is 0 Å². The van der Waals surface area contributed by atoms with Gasteiger partial charge in [0.05, 0.1) is 17.6 Å².